The number of imidazole rings is 1. The molecule has 1 amide bonds. The second-order valence-electron chi connectivity index (χ2n) is 5.87. The first-order valence-corrected chi connectivity index (χ1v) is 10.4. The lowest BCUT2D eigenvalue weighted by atomic mass is 10.2. The second-order valence-corrected chi connectivity index (χ2v) is 7.82. The molecule has 0 bridgehead atoms. The quantitative estimate of drug-likeness (QED) is 0.432. The third-order valence-electron chi connectivity index (χ3n) is 4.02. The van der Waals surface area contributed by atoms with Gasteiger partial charge in [0.2, 0.25) is 11.0 Å². The topological polar surface area (TPSA) is 102 Å². The molecule has 29 heavy (non-hydrogen) atoms. The van der Waals surface area contributed by atoms with E-state index in [4.69, 9.17) is 9.47 Å². The van der Waals surface area contributed by atoms with Crippen LogP contribution in [0.1, 0.15) is 0 Å². The van der Waals surface area contributed by atoms with Crippen LogP contribution in [0, 0.1) is 0 Å². The minimum absolute atomic E-state index is 0.181. The molecule has 2 aromatic carbocycles. The van der Waals surface area contributed by atoms with E-state index in [9.17, 15) is 4.79 Å². The summed E-state index contributed by atoms with van der Waals surface area (Å²) in [7, 11) is 3.17. The van der Waals surface area contributed by atoms with Crippen LogP contribution in [-0.4, -0.2) is 46.0 Å². The molecule has 8 nitrogen and oxygen atoms in total. The lowest BCUT2D eigenvalue weighted by Gasteiger charge is -2.07. The van der Waals surface area contributed by atoms with Crippen molar-refractivity contribution in [3.05, 3.63) is 42.5 Å². The van der Waals surface area contributed by atoms with Crippen molar-refractivity contribution >= 4 is 45.2 Å². The molecule has 0 unspecified atom stereocenters. The number of hydrogen-bond acceptors (Lipinski definition) is 8. The molecule has 0 saturated heterocycles. The molecule has 10 heteroatoms. The molecule has 0 aliphatic heterocycles. The van der Waals surface area contributed by atoms with Crippen LogP contribution in [0.25, 0.3) is 21.6 Å². The largest absolute Gasteiger partial charge is 0.497 e. The second kappa shape index (κ2) is 8.50. The maximum atomic E-state index is 12.3. The third kappa shape index (κ3) is 4.33. The number of thioether (sulfide) groups is 1. The molecule has 4 rings (SSSR count). The minimum Gasteiger partial charge on any atom is -0.497 e. The molecule has 2 heterocycles. The molecular weight excluding hydrogens is 410 g/mol. The first-order chi connectivity index (χ1) is 14.2. The molecule has 148 valence electrons. The molecule has 0 aliphatic rings. The normalized spacial score (nSPS) is 10.8. The van der Waals surface area contributed by atoms with Gasteiger partial charge in [0.1, 0.15) is 11.5 Å². The fraction of sp³-hybridized carbons (Fsp3) is 0.158. The molecule has 0 spiro atoms. The number of carbonyl (C=O) groups is 1. The van der Waals surface area contributed by atoms with E-state index in [0.29, 0.717) is 26.8 Å². The molecule has 0 fully saturated rings. The molecule has 2 aromatic heterocycles. The van der Waals surface area contributed by atoms with Crippen molar-refractivity contribution in [2.24, 2.45) is 0 Å². The van der Waals surface area contributed by atoms with Crippen LogP contribution in [0.5, 0.6) is 11.5 Å². The number of rotatable bonds is 7. The summed E-state index contributed by atoms with van der Waals surface area (Å²) in [6.45, 7) is 0. The number of anilines is 1. The summed E-state index contributed by atoms with van der Waals surface area (Å²) in [5.74, 6) is 1.34. The van der Waals surface area contributed by atoms with Gasteiger partial charge in [0, 0.05) is 6.07 Å². The van der Waals surface area contributed by atoms with Gasteiger partial charge in [0.05, 0.1) is 36.6 Å². The number of methoxy groups -OCH3 is 2. The molecular formula is C19H17N5O3S2. The SMILES string of the molecule is COc1ccc(-c2nnc(NC(=O)CSc3nc4ccccc4[nH]3)s2)c(OC)c1. The van der Waals surface area contributed by atoms with Crippen LogP contribution in [0.4, 0.5) is 5.13 Å². The van der Waals surface area contributed by atoms with E-state index >= 15 is 0 Å². The number of H-pyrrole nitrogens is 1. The Morgan fingerprint density at radius 1 is 1.17 bits per heavy atom. The fourth-order valence-electron chi connectivity index (χ4n) is 2.64. The van der Waals surface area contributed by atoms with Crippen LogP contribution in [-0.2, 0) is 4.79 Å². The number of nitrogens with one attached hydrogen (secondary N) is 2. The van der Waals surface area contributed by atoms with E-state index in [0.717, 1.165) is 16.6 Å². The van der Waals surface area contributed by atoms with Gasteiger partial charge in [-0.25, -0.2) is 4.98 Å². The van der Waals surface area contributed by atoms with Crippen molar-refractivity contribution in [1.82, 2.24) is 20.2 Å². The monoisotopic (exact) mass is 427 g/mol. The summed E-state index contributed by atoms with van der Waals surface area (Å²) in [5.41, 5.74) is 2.60. The van der Waals surface area contributed by atoms with E-state index in [2.05, 4.69) is 25.5 Å². The Labute approximate surface area is 174 Å². The summed E-state index contributed by atoms with van der Waals surface area (Å²) >= 11 is 2.61. The predicted molar refractivity (Wildman–Crippen MR) is 114 cm³/mol. The highest BCUT2D eigenvalue weighted by atomic mass is 32.2. The first-order valence-electron chi connectivity index (χ1n) is 8.59. The molecule has 0 atom stereocenters. The number of ether oxygens (including phenoxy) is 2. The Morgan fingerprint density at radius 2 is 2.03 bits per heavy atom. The Morgan fingerprint density at radius 3 is 2.83 bits per heavy atom. The van der Waals surface area contributed by atoms with Gasteiger partial charge < -0.3 is 14.5 Å². The van der Waals surface area contributed by atoms with Crippen LogP contribution in [0.3, 0.4) is 0 Å². The highest BCUT2D eigenvalue weighted by molar-refractivity contribution is 7.99. The van der Waals surface area contributed by atoms with Gasteiger partial charge in [-0.15, -0.1) is 10.2 Å². The standard InChI is InChI=1S/C19H17N5O3S2/c1-26-11-7-8-12(15(9-11)27-2)17-23-24-19(29-17)22-16(25)10-28-18-20-13-5-3-4-6-14(13)21-18/h3-9H,10H2,1-2H3,(H,20,21)(H,22,24,25). The average Bonchev–Trinajstić information content (AvgIpc) is 3.38. The van der Waals surface area contributed by atoms with Gasteiger partial charge >= 0.3 is 0 Å². The van der Waals surface area contributed by atoms with E-state index < -0.39 is 0 Å². The van der Waals surface area contributed by atoms with Gasteiger partial charge in [0.15, 0.2) is 10.2 Å². The lowest BCUT2D eigenvalue weighted by molar-refractivity contribution is -0.113. The van der Waals surface area contributed by atoms with E-state index in [-0.39, 0.29) is 11.7 Å². The van der Waals surface area contributed by atoms with Crippen LogP contribution in [0.2, 0.25) is 0 Å². The maximum absolute atomic E-state index is 12.3. The summed E-state index contributed by atoms with van der Waals surface area (Å²) in [4.78, 5) is 19.9. The number of hydrogen-bond donors (Lipinski definition) is 2. The van der Waals surface area contributed by atoms with Crippen molar-refractivity contribution in [3.63, 3.8) is 0 Å². The fourth-order valence-corrected chi connectivity index (χ4v) is 4.12. The van der Waals surface area contributed by atoms with Crippen molar-refractivity contribution in [2.75, 3.05) is 25.3 Å². The number of carbonyl (C=O) groups excluding carboxylic acids is 1. The van der Waals surface area contributed by atoms with E-state index in [1.165, 1.54) is 23.1 Å². The van der Waals surface area contributed by atoms with Crippen molar-refractivity contribution in [3.8, 4) is 22.1 Å². The molecule has 2 N–H and O–H groups in total. The Bertz CT molecular complexity index is 1120. The number of nitrogens with zero attached hydrogens (tertiary/aromatic N) is 3. The van der Waals surface area contributed by atoms with Gasteiger partial charge in [0.25, 0.3) is 0 Å². The van der Waals surface area contributed by atoms with Crippen molar-refractivity contribution < 1.29 is 14.3 Å². The summed E-state index contributed by atoms with van der Waals surface area (Å²) < 4.78 is 10.6. The number of para-hydroxylation sites is 2. The van der Waals surface area contributed by atoms with E-state index in [1.54, 1.807) is 20.3 Å². The number of aromatic nitrogens is 4. The zero-order valence-corrected chi connectivity index (χ0v) is 17.3. The lowest BCUT2D eigenvalue weighted by Crippen LogP contribution is -2.13. The number of amides is 1. The molecule has 0 saturated carbocycles. The van der Waals surface area contributed by atoms with Gasteiger partial charge in [-0.2, -0.15) is 0 Å². The van der Waals surface area contributed by atoms with Crippen molar-refractivity contribution in [2.45, 2.75) is 5.16 Å². The summed E-state index contributed by atoms with van der Waals surface area (Å²) in [6, 6.07) is 13.2. The Balaban J connectivity index is 1.40. The number of benzene rings is 2. The molecule has 0 aliphatic carbocycles. The predicted octanol–water partition coefficient (Wildman–Crippen LogP) is 3.83. The van der Waals surface area contributed by atoms with Crippen molar-refractivity contribution in [1.29, 1.82) is 0 Å². The van der Waals surface area contributed by atoms with Crippen LogP contribution in [0.15, 0.2) is 47.6 Å². The van der Waals surface area contributed by atoms with Gasteiger partial charge in [-0.3, -0.25) is 10.1 Å². The zero-order chi connectivity index (χ0) is 20.2. The van der Waals surface area contributed by atoms with Gasteiger partial charge in [-0.05, 0) is 24.3 Å². The number of aromatic amines is 1. The Hall–Kier alpha value is -3.11. The van der Waals surface area contributed by atoms with Crippen LogP contribution >= 0.6 is 23.1 Å². The van der Waals surface area contributed by atoms with E-state index in [1.807, 2.05) is 36.4 Å². The smallest absolute Gasteiger partial charge is 0.236 e. The highest BCUT2D eigenvalue weighted by Crippen LogP contribution is 2.36. The third-order valence-corrected chi connectivity index (χ3v) is 5.76. The number of fused-ring (bicyclic) bond motifs is 1. The average molecular weight is 428 g/mol. The first kappa shape index (κ1) is 19.2. The molecule has 0 radical (unpaired) electrons. The maximum Gasteiger partial charge on any atom is 0.236 e. The minimum atomic E-state index is -0.181. The Kier molecular flexibility index (Phi) is 5.63. The van der Waals surface area contributed by atoms with Crippen LogP contribution < -0.4 is 14.8 Å². The summed E-state index contributed by atoms with van der Waals surface area (Å²) in [6.07, 6.45) is 0. The highest BCUT2D eigenvalue weighted by Gasteiger charge is 2.15. The zero-order valence-electron chi connectivity index (χ0n) is 15.6. The van der Waals surface area contributed by atoms with Gasteiger partial charge in [-0.1, -0.05) is 35.2 Å². The molecule has 4 aromatic rings. The summed E-state index contributed by atoms with van der Waals surface area (Å²) in [5, 5.41) is 12.8.